The molecule has 6 heterocycles. The number of carbonyl (C=O) groups excluding carboxylic acids is 12. The Labute approximate surface area is 489 Å². The highest BCUT2D eigenvalue weighted by Gasteiger charge is 2.22. The summed E-state index contributed by atoms with van der Waals surface area (Å²) in [6.07, 6.45) is 9.39. The summed E-state index contributed by atoms with van der Waals surface area (Å²) in [5, 5.41) is 18.0. The van der Waals surface area contributed by atoms with Gasteiger partial charge >= 0.3 is 0 Å². The Kier molecular flexibility index (Phi) is 44.0. The number of carbonyl (C=O) groups is 12. The lowest BCUT2D eigenvalue weighted by Gasteiger charge is -2.12. The van der Waals surface area contributed by atoms with Gasteiger partial charge in [-0.3, -0.25) is 84.1 Å². The van der Waals surface area contributed by atoms with Gasteiger partial charge in [0.25, 0.3) is 0 Å². The molecule has 0 bridgehead atoms. The molecule has 6 aliphatic heterocycles. The molecule has 6 atom stereocenters. The number of hydrogen-bond donors (Lipinski definition) is 6. The summed E-state index contributed by atoms with van der Waals surface area (Å²) in [7, 11) is 0. The molecule has 24 heteroatoms. The van der Waals surface area contributed by atoms with Gasteiger partial charge in [-0.2, -0.15) is 70.6 Å². The lowest BCUT2D eigenvalue weighted by Crippen LogP contribution is -2.40. The third-order valence-electron chi connectivity index (χ3n) is 12.4. The van der Waals surface area contributed by atoms with Gasteiger partial charge in [-0.05, 0) is 115 Å². The van der Waals surface area contributed by atoms with E-state index in [1.165, 1.54) is 0 Å². The fourth-order valence-electron chi connectivity index (χ4n) is 7.35. The summed E-state index contributed by atoms with van der Waals surface area (Å²) in [5.74, 6) is 12.8. The summed E-state index contributed by atoms with van der Waals surface area (Å²) in [6.45, 7) is 11.5. The Morgan fingerprint density at radius 1 is 0.282 bits per heavy atom. The molecule has 0 amide bonds. The van der Waals surface area contributed by atoms with Crippen LogP contribution in [0.25, 0.3) is 0 Å². The van der Waals surface area contributed by atoms with E-state index >= 15 is 0 Å². The topological polar surface area (TPSA) is 277 Å². The van der Waals surface area contributed by atoms with Crippen LogP contribution >= 0.6 is 70.6 Å². The van der Waals surface area contributed by atoms with Gasteiger partial charge in [-0.15, -0.1) is 0 Å². The molecule has 0 unspecified atom stereocenters. The second kappa shape index (κ2) is 46.4. The Hall–Kier alpha value is -2.10. The molecule has 0 aromatic rings. The molecule has 0 aromatic carbocycles. The number of Topliss-reactive ketones (excluding diaryl/α,β-unsaturated/α-hetero) is 12. The molecule has 78 heavy (non-hydrogen) atoms. The first kappa shape index (κ1) is 73.9. The van der Waals surface area contributed by atoms with Crippen LogP contribution in [0.5, 0.6) is 0 Å². The van der Waals surface area contributed by atoms with Crippen molar-refractivity contribution in [2.45, 2.75) is 155 Å². The predicted molar refractivity (Wildman–Crippen MR) is 324 cm³/mol. The van der Waals surface area contributed by atoms with Gasteiger partial charge in [0.2, 0.25) is 0 Å². The lowest BCUT2D eigenvalue weighted by molar-refractivity contribution is -0.121. The van der Waals surface area contributed by atoms with Crippen molar-refractivity contribution in [3.63, 3.8) is 0 Å². The average molecular weight is 1210 g/mol. The van der Waals surface area contributed by atoms with Crippen molar-refractivity contribution >= 4 is 140 Å². The second-order valence-corrected chi connectivity index (χ2v) is 26.5. The summed E-state index contributed by atoms with van der Waals surface area (Å²) in [5.41, 5.74) is 0. The first-order chi connectivity index (χ1) is 37.2. The monoisotopic (exact) mass is 1210 g/mol. The Balaban J connectivity index is 0.000000468. The minimum absolute atomic E-state index is 0.116. The lowest BCUT2D eigenvalue weighted by atomic mass is 10.1. The SMILES string of the molecule is CC(=O)[C@@H]1CCSCCC(=O)CN1.CC(=O)[C@@H]1CSCCCC(=O)CN1.CC(=O)[C@@H]1CSCCCC(=O)CN1.CC(=O)[C@@H]1CSCCCC(=O)CN1.CC(=O)[C@@H]1CSCCCC(=O)CN1.CC(=O)[C@@H]1CSCCCC(=O)CN1. The van der Waals surface area contributed by atoms with Gasteiger partial charge in [0, 0.05) is 73.0 Å². The van der Waals surface area contributed by atoms with Crippen LogP contribution < -0.4 is 31.9 Å². The maximum absolute atomic E-state index is 11.2. The fraction of sp³-hybridized carbons (Fsp3) is 0.778. The third-order valence-corrected chi connectivity index (χ3v) is 19.2. The molecule has 6 fully saturated rings. The highest BCUT2D eigenvalue weighted by molar-refractivity contribution is 8.00. The minimum atomic E-state index is -0.132. The molecule has 0 saturated carbocycles. The van der Waals surface area contributed by atoms with Crippen molar-refractivity contribution in [2.75, 3.05) is 108 Å². The van der Waals surface area contributed by atoms with Crippen LogP contribution in [0.15, 0.2) is 0 Å². The molecule has 6 rings (SSSR count). The molecule has 444 valence electrons. The molecule has 6 saturated heterocycles. The van der Waals surface area contributed by atoms with E-state index in [9.17, 15) is 57.5 Å². The van der Waals surface area contributed by atoms with E-state index in [1.807, 2.05) is 0 Å². The van der Waals surface area contributed by atoms with Gasteiger partial charge in [-0.1, -0.05) is 0 Å². The normalized spacial score (nSPS) is 25.9. The molecule has 6 aliphatic rings. The van der Waals surface area contributed by atoms with Crippen LogP contribution in [0, 0.1) is 0 Å². The standard InChI is InChI=1S/6C9H15NO2S/c1-7(11)9-3-5-13-4-2-8(12)6-10-9;5*1-7(11)9-6-13-4-2-3-8(12)5-10-9/h6*9-10H,2-6H2,1H3/t6*9-/m000000/s1. The van der Waals surface area contributed by atoms with Gasteiger partial charge in [0.05, 0.1) is 75.5 Å². The average Bonchev–Trinajstić information content (AvgIpc) is 3.78. The first-order valence-electron chi connectivity index (χ1n) is 27.2. The number of hydrogen-bond acceptors (Lipinski definition) is 24. The van der Waals surface area contributed by atoms with Crippen molar-refractivity contribution < 1.29 is 57.5 Å². The van der Waals surface area contributed by atoms with Crippen molar-refractivity contribution in [1.29, 1.82) is 0 Å². The zero-order valence-electron chi connectivity index (χ0n) is 47.0. The molecular formula is C54H90N6O12S6. The van der Waals surface area contributed by atoms with Crippen molar-refractivity contribution in [1.82, 2.24) is 31.9 Å². The van der Waals surface area contributed by atoms with Crippen LogP contribution in [0.1, 0.15) is 119 Å². The van der Waals surface area contributed by atoms with E-state index < -0.39 is 0 Å². The van der Waals surface area contributed by atoms with Crippen LogP contribution in [0.2, 0.25) is 0 Å². The maximum Gasteiger partial charge on any atom is 0.147 e. The molecular weight excluding hydrogens is 1120 g/mol. The van der Waals surface area contributed by atoms with E-state index in [0.29, 0.717) is 77.8 Å². The van der Waals surface area contributed by atoms with Gasteiger partial charge in [0.1, 0.15) is 69.4 Å². The van der Waals surface area contributed by atoms with E-state index in [-0.39, 0.29) is 106 Å². The Morgan fingerprint density at radius 2 is 0.487 bits per heavy atom. The van der Waals surface area contributed by atoms with Crippen LogP contribution in [-0.4, -0.2) is 214 Å². The Morgan fingerprint density at radius 3 is 0.705 bits per heavy atom. The Bertz CT molecular complexity index is 1580. The number of ketones is 12. The molecule has 0 aromatic heterocycles. The molecule has 6 N–H and O–H groups in total. The summed E-state index contributed by atoms with van der Waals surface area (Å²) in [6, 6.07) is -0.778. The molecule has 0 aliphatic carbocycles. The predicted octanol–water partition coefficient (Wildman–Crippen LogP) is 3.78. The van der Waals surface area contributed by atoms with Gasteiger partial charge in [-0.25, -0.2) is 0 Å². The van der Waals surface area contributed by atoms with Crippen LogP contribution in [0.3, 0.4) is 0 Å². The zero-order chi connectivity index (χ0) is 58.1. The summed E-state index contributed by atoms with van der Waals surface area (Å²) < 4.78 is 0. The smallest absolute Gasteiger partial charge is 0.147 e. The van der Waals surface area contributed by atoms with Crippen molar-refractivity contribution in [3.8, 4) is 0 Å². The van der Waals surface area contributed by atoms with E-state index in [2.05, 4.69) is 31.9 Å². The zero-order valence-corrected chi connectivity index (χ0v) is 51.9. The van der Waals surface area contributed by atoms with Crippen molar-refractivity contribution in [2.24, 2.45) is 0 Å². The van der Waals surface area contributed by atoms with Crippen LogP contribution in [0.4, 0.5) is 0 Å². The van der Waals surface area contributed by atoms with Gasteiger partial charge in [0.15, 0.2) is 0 Å². The molecule has 0 spiro atoms. The highest BCUT2D eigenvalue weighted by Crippen LogP contribution is 2.14. The summed E-state index contributed by atoms with van der Waals surface area (Å²) >= 11 is 10.5. The third kappa shape index (κ3) is 39.4. The van der Waals surface area contributed by atoms with E-state index in [4.69, 9.17) is 0 Å². The van der Waals surface area contributed by atoms with Gasteiger partial charge < -0.3 is 5.32 Å². The first-order valence-corrected chi connectivity index (χ1v) is 34.1. The number of thioether (sulfide) groups is 6. The minimum Gasteiger partial charge on any atom is -0.301 e. The number of rotatable bonds is 6. The van der Waals surface area contributed by atoms with Crippen LogP contribution in [-0.2, 0) is 57.5 Å². The largest absolute Gasteiger partial charge is 0.301 e. The second-order valence-electron chi connectivity index (χ2n) is 19.5. The van der Waals surface area contributed by atoms with E-state index in [1.54, 1.807) is 112 Å². The molecule has 0 radical (unpaired) electrons. The van der Waals surface area contributed by atoms with E-state index in [0.717, 1.165) is 108 Å². The maximum atomic E-state index is 11.2. The summed E-state index contributed by atoms with van der Waals surface area (Å²) in [4.78, 5) is 134. The highest BCUT2D eigenvalue weighted by atomic mass is 32.2. The fourth-order valence-corrected chi connectivity index (χ4v) is 13.8. The van der Waals surface area contributed by atoms with Crippen molar-refractivity contribution in [3.05, 3.63) is 0 Å². The quantitative estimate of drug-likeness (QED) is 0.221. The number of nitrogens with one attached hydrogen (secondary N) is 6. The molecule has 18 nitrogen and oxygen atoms in total.